The highest BCUT2D eigenvalue weighted by Crippen LogP contribution is 2.28. The average Bonchev–Trinajstić information content (AvgIpc) is 3.41. The number of aromatic nitrogens is 3. The van der Waals surface area contributed by atoms with Crippen LogP contribution in [0.3, 0.4) is 0 Å². The first-order valence-electron chi connectivity index (χ1n) is 13.1. The first-order chi connectivity index (χ1) is 19.0. The largest absolute Gasteiger partial charge is 0.493 e. The molecule has 0 unspecified atom stereocenters. The third-order valence-electron chi connectivity index (χ3n) is 6.36. The van der Waals surface area contributed by atoms with Crippen LogP contribution in [0.2, 0.25) is 0 Å². The number of aryl methyl sites for hydroxylation is 1. The van der Waals surface area contributed by atoms with Crippen molar-refractivity contribution in [3.63, 3.8) is 0 Å². The van der Waals surface area contributed by atoms with Gasteiger partial charge in [-0.3, -0.25) is 19.1 Å². The molecule has 2 aromatic carbocycles. The van der Waals surface area contributed by atoms with E-state index in [0.717, 1.165) is 5.56 Å². The second-order valence-electron chi connectivity index (χ2n) is 9.32. The Hall–Kier alpha value is -4.41. The smallest absolute Gasteiger partial charge is 0.252 e. The van der Waals surface area contributed by atoms with Crippen LogP contribution in [0, 0.1) is 0 Å². The Labute approximate surface area is 227 Å². The van der Waals surface area contributed by atoms with Crippen molar-refractivity contribution in [3.05, 3.63) is 71.5 Å². The summed E-state index contributed by atoms with van der Waals surface area (Å²) in [6, 6.07) is 12.6. The zero-order valence-electron chi connectivity index (χ0n) is 22.2. The third kappa shape index (κ3) is 7.56. The van der Waals surface area contributed by atoms with Gasteiger partial charge in [0.25, 0.3) is 5.91 Å². The molecule has 0 saturated heterocycles. The first kappa shape index (κ1) is 27.6. The summed E-state index contributed by atoms with van der Waals surface area (Å²) in [6.07, 6.45) is 3.74. The molecule has 3 amide bonds. The second-order valence-corrected chi connectivity index (χ2v) is 9.32. The van der Waals surface area contributed by atoms with Gasteiger partial charge in [0, 0.05) is 24.9 Å². The van der Waals surface area contributed by atoms with E-state index < -0.39 is 23.9 Å². The Bertz CT molecular complexity index is 1280. The number of carbonyl (C=O) groups is 3. The van der Waals surface area contributed by atoms with Crippen molar-refractivity contribution in [2.75, 3.05) is 13.7 Å². The van der Waals surface area contributed by atoms with Gasteiger partial charge in [0.15, 0.2) is 11.5 Å². The maximum absolute atomic E-state index is 13.4. The number of hydrogen-bond donors (Lipinski definition) is 3. The minimum atomic E-state index is -0.853. The molecule has 0 fully saturated rings. The van der Waals surface area contributed by atoms with Crippen molar-refractivity contribution in [1.82, 2.24) is 30.9 Å². The van der Waals surface area contributed by atoms with Gasteiger partial charge >= 0.3 is 0 Å². The number of nitrogens with zero attached hydrogens (tertiary/aromatic N) is 3. The summed E-state index contributed by atoms with van der Waals surface area (Å²) in [6.45, 7) is 2.99. The van der Waals surface area contributed by atoms with Gasteiger partial charge in [0.2, 0.25) is 11.8 Å². The number of nitrogens with one attached hydrogen (secondary N) is 3. The highest BCUT2D eigenvalue weighted by molar-refractivity contribution is 5.98. The van der Waals surface area contributed by atoms with E-state index >= 15 is 0 Å². The fraction of sp³-hybridized carbons (Fsp3) is 0.393. The van der Waals surface area contributed by atoms with Crippen molar-refractivity contribution < 1.29 is 23.9 Å². The maximum atomic E-state index is 13.4. The number of rotatable bonds is 5. The van der Waals surface area contributed by atoms with E-state index in [4.69, 9.17) is 9.47 Å². The normalized spacial score (nSPS) is 18.9. The van der Waals surface area contributed by atoms with Gasteiger partial charge in [-0.2, -0.15) is 0 Å². The summed E-state index contributed by atoms with van der Waals surface area (Å²) in [5, 5.41) is 16.8. The number of methoxy groups -OCH3 is 1. The van der Waals surface area contributed by atoms with Crippen molar-refractivity contribution in [2.24, 2.45) is 0 Å². The highest BCUT2D eigenvalue weighted by Gasteiger charge is 2.27. The molecule has 11 heteroatoms. The van der Waals surface area contributed by atoms with Crippen LogP contribution in [0.15, 0.2) is 54.7 Å². The fourth-order valence-corrected chi connectivity index (χ4v) is 4.30. The highest BCUT2D eigenvalue weighted by atomic mass is 16.5. The Morgan fingerprint density at radius 2 is 1.87 bits per heavy atom. The predicted molar refractivity (Wildman–Crippen MR) is 143 cm³/mol. The van der Waals surface area contributed by atoms with E-state index in [0.29, 0.717) is 55.2 Å². The van der Waals surface area contributed by atoms with Crippen LogP contribution in [0.25, 0.3) is 0 Å². The van der Waals surface area contributed by atoms with Crippen LogP contribution < -0.4 is 25.4 Å². The molecular formula is C28H34N6O5. The third-order valence-corrected chi connectivity index (χ3v) is 6.36. The molecule has 1 aliphatic heterocycles. The lowest BCUT2D eigenvalue weighted by Gasteiger charge is -2.23. The van der Waals surface area contributed by atoms with Crippen molar-refractivity contribution in [1.29, 1.82) is 0 Å². The molecule has 2 atom stereocenters. The number of fused-ring (bicyclic) bond motifs is 4. The topological polar surface area (TPSA) is 136 Å². The number of hydrogen-bond acceptors (Lipinski definition) is 7. The summed E-state index contributed by atoms with van der Waals surface area (Å²) < 4.78 is 13.0. The molecular weight excluding hydrogens is 500 g/mol. The Morgan fingerprint density at radius 3 is 2.64 bits per heavy atom. The molecule has 39 heavy (non-hydrogen) atoms. The molecule has 0 spiro atoms. The zero-order chi connectivity index (χ0) is 27.6. The van der Waals surface area contributed by atoms with Crippen LogP contribution in [0.1, 0.15) is 47.8 Å². The zero-order valence-corrected chi connectivity index (χ0v) is 22.2. The molecule has 11 nitrogen and oxygen atoms in total. The summed E-state index contributed by atoms with van der Waals surface area (Å²) in [5.41, 5.74) is 1.82. The minimum Gasteiger partial charge on any atom is -0.493 e. The number of amides is 3. The summed E-state index contributed by atoms with van der Waals surface area (Å²) in [4.78, 5) is 39.8. The number of carbonyl (C=O) groups excluding carboxylic acids is 3. The molecule has 0 radical (unpaired) electrons. The van der Waals surface area contributed by atoms with Gasteiger partial charge in [0.05, 0.1) is 26.5 Å². The van der Waals surface area contributed by atoms with Gasteiger partial charge in [-0.15, -0.1) is 5.10 Å². The lowest BCUT2D eigenvalue weighted by atomic mass is 10.0. The van der Waals surface area contributed by atoms with Gasteiger partial charge in [-0.1, -0.05) is 48.9 Å². The summed E-state index contributed by atoms with van der Waals surface area (Å²) in [5.74, 6) is -0.286. The van der Waals surface area contributed by atoms with Gasteiger partial charge < -0.3 is 25.4 Å². The van der Waals surface area contributed by atoms with Crippen LogP contribution in [-0.4, -0.2) is 58.5 Å². The van der Waals surface area contributed by atoms with Gasteiger partial charge in [-0.05, 0) is 30.2 Å². The molecule has 3 aromatic rings. The number of benzene rings is 2. The lowest BCUT2D eigenvalue weighted by Crippen LogP contribution is -2.54. The average molecular weight is 535 g/mol. The van der Waals surface area contributed by atoms with E-state index in [-0.39, 0.29) is 18.9 Å². The minimum absolute atomic E-state index is 0.161. The van der Waals surface area contributed by atoms with E-state index in [1.54, 1.807) is 29.1 Å². The monoisotopic (exact) mass is 534 g/mol. The molecule has 2 heterocycles. The van der Waals surface area contributed by atoms with Crippen molar-refractivity contribution in [3.8, 4) is 11.5 Å². The molecule has 1 aliphatic rings. The molecule has 1 aromatic heterocycles. The summed E-state index contributed by atoms with van der Waals surface area (Å²) in [7, 11) is 1.53. The van der Waals surface area contributed by atoms with Crippen LogP contribution in [0.5, 0.6) is 11.5 Å². The molecule has 0 aliphatic carbocycles. The quantitative estimate of drug-likeness (QED) is 0.456. The molecule has 206 valence electrons. The second kappa shape index (κ2) is 13.4. The molecule has 0 saturated carbocycles. The maximum Gasteiger partial charge on any atom is 0.252 e. The lowest BCUT2D eigenvalue weighted by molar-refractivity contribution is -0.130. The van der Waals surface area contributed by atoms with E-state index in [9.17, 15) is 14.4 Å². The van der Waals surface area contributed by atoms with Crippen LogP contribution >= 0.6 is 0 Å². The van der Waals surface area contributed by atoms with Crippen molar-refractivity contribution >= 4 is 17.7 Å². The Balaban J connectivity index is 1.62. The Kier molecular flexibility index (Phi) is 9.49. The molecule has 3 N–H and O–H groups in total. The molecule has 4 bridgehead atoms. The van der Waals surface area contributed by atoms with E-state index in [1.807, 2.05) is 37.3 Å². The van der Waals surface area contributed by atoms with Crippen LogP contribution in [0.4, 0.5) is 0 Å². The van der Waals surface area contributed by atoms with E-state index in [1.165, 1.54) is 7.11 Å². The molecule has 4 rings (SSSR count). The van der Waals surface area contributed by atoms with Crippen LogP contribution in [-0.2, 0) is 29.1 Å². The predicted octanol–water partition coefficient (Wildman–Crippen LogP) is 2.01. The summed E-state index contributed by atoms with van der Waals surface area (Å²) >= 11 is 0. The van der Waals surface area contributed by atoms with E-state index in [2.05, 4.69) is 26.3 Å². The SMILES string of the molecule is CCC[C@@H]1NC(=O)c2ccc(OC)c(c2)OCCCn2cc(nn2)CNC(=O)[C@@H](Cc2ccccc2)NC1=O. The van der Waals surface area contributed by atoms with Gasteiger partial charge in [-0.25, -0.2) is 0 Å². The number of ether oxygens (including phenoxy) is 2. The van der Waals surface area contributed by atoms with Crippen molar-refractivity contribution in [2.45, 2.75) is 57.8 Å². The first-order valence-corrected chi connectivity index (χ1v) is 13.1. The fourth-order valence-electron chi connectivity index (χ4n) is 4.30. The standard InChI is InChI=1S/C28H34N6O5/c1-3-8-22-28(37)31-23(15-19-9-5-4-6-10-19)27(36)29-17-21-18-34(33-32-21)13-7-14-39-25-16-20(26(35)30-22)11-12-24(25)38-2/h4-6,9-12,16,18,22-23H,3,7-8,13-15,17H2,1-2H3,(H,29,36)(H,30,35)(H,31,37)/t22-,23+/m0/s1. The van der Waals surface area contributed by atoms with Gasteiger partial charge in [0.1, 0.15) is 17.8 Å². The Morgan fingerprint density at radius 1 is 1.05 bits per heavy atom.